The molecule has 3 rings (SSSR count). The van der Waals surface area contributed by atoms with E-state index in [9.17, 15) is 0 Å². The minimum Gasteiger partial charge on any atom is -0.348 e. The zero-order valence-corrected chi connectivity index (χ0v) is 10.1. The molecule has 0 N–H and O–H groups in total. The summed E-state index contributed by atoms with van der Waals surface area (Å²) < 4.78 is 0. The zero-order chi connectivity index (χ0) is 11.7. The van der Waals surface area contributed by atoms with Crippen molar-refractivity contribution < 1.29 is 0 Å². The topological polar surface area (TPSA) is 3.24 Å². The third-order valence-electron chi connectivity index (χ3n) is 3.72. The lowest BCUT2D eigenvalue weighted by molar-refractivity contribution is 0.570. The Morgan fingerprint density at radius 1 is 1.06 bits per heavy atom. The second kappa shape index (κ2) is 4.25. The predicted molar refractivity (Wildman–Crippen MR) is 72.8 cm³/mol. The molecule has 0 heterocycles. The number of fused-ring (bicyclic) bond motifs is 1. The van der Waals surface area contributed by atoms with Crippen molar-refractivity contribution in [3.8, 4) is 0 Å². The van der Waals surface area contributed by atoms with E-state index in [2.05, 4.69) is 72.7 Å². The summed E-state index contributed by atoms with van der Waals surface area (Å²) in [5.41, 5.74) is 2.70. The third-order valence-corrected chi connectivity index (χ3v) is 3.72. The maximum absolute atomic E-state index is 2.38. The van der Waals surface area contributed by atoms with E-state index in [4.69, 9.17) is 0 Å². The fourth-order valence-corrected chi connectivity index (χ4v) is 2.75. The van der Waals surface area contributed by atoms with Gasteiger partial charge in [0, 0.05) is 24.4 Å². The summed E-state index contributed by atoms with van der Waals surface area (Å²) in [6.45, 7) is 0. The van der Waals surface area contributed by atoms with Gasteiger partial charge in [-0.1, -0.05) is 48.6 Å². The van der Waals surface area contributed by atoms with Crippen LogP contribution in [0.15, 0.2) is 66.4 Å². The van der Waals surface area contributed by atoms with E-state index in [0.29, 0.717) is 11.8 Å². The van der Waals surface area contributed by atoms with Gasteiger partial charge in [-0.05, 0) is 24.5 Å². The number of benzene rings is 1. The molecule has 0 aromatic heterocycles. The van der Waals surface area contributed by atoms with Gasteiger partial charge in [0.25, 0.3) is 0 Å². The number of para-hydroxylation sites is 1. The molecule has 1 aromatic rings. The van der Waals surface area contributed by atoms with Gasteiger partial charge in [0.05, 0.1) is 0 Å². The van der Waals surface area contributed by atoms with Crippen LogP contribution >= 0.6 is 0 Å². The van der Waals surface area contributed by atoms with Gasteiger partial charge in [-0.3, -0.25) is 0 Å². The highest BCUT2D eigenvalue weighted by Crippen LogP contribution is 2.38. The number of nitrogens with zero attached hydrogens (tertiary/aromatic N) is 1. The van der Waals surface area contributed by atoms with Crippen molar-refractivity contribution in [2.45, 2.75) is 6.42 Å². The molecule has 0 bridgehead atoms. The van der Waals surface area contributed by atoms with E-state index in [1.165, 1.54) is 11.4 Å². The van der Waals surface area contributed by atoms with E-state index < -0.39 is 0 Å². The normalized spacial score (nSPS) is 25.6. The van der Waals surface area contributed by atoms with Crippen molar-refractivity contribution in [1.82, 2.24) is 0 Å². The Labute approximate surface area is 103 Å². The first-order valence-corrected chi connectivity index (χ1v) is 6.20. The van der Waals surface area contributed by atoms with Crippen LogP contribution in [0.3, 0.4) is 0 Å². The average molecular weight is 223 g/mol. The van der Waals surface area contributed by atoms with Crippen LogP contribution < -0.4 is 4.90 Å². The van der Waals surface area contributed by atoms with Crippen molar-refractivity contribution in [1.29, 1.82) is 0 Å². The number of hydrogen-bond acceptors (Lipinski definition) is 1. The molecule has 0 saturated carbocycles. The number of allylic oxidation sites excluding steroid dienone is 5. The van der Waals surface area contributed by atoms with Crippen LogP contribution in [0.2, 0.25) is 0 Å². The Kier molecular flexibility index (Phi) is 2.60. The first-order valence-electron chi connectivity index (χ1n) is 6.20. The summed E-state index contributed by atoms with van der Waals surface area (Å²) in [6.07, 6.45) is 12.5. The fourth-order valence-electron chi connectivity index (χ4n) is 2.75. The van der Waals surface area contributed by atoms with Gasteiger partial charge >= 0.3 is 0 Å². The largest absolute Gasteiger partial charge is 0.348 e. The Balaban J connectivity index is 1.86. The second-order valence-corrected chi connectivity index (χ2v) is 4.72. The number of rotatable bonds is 2. The SMILES string of the molecule is CN(C1=CCC2C=CC=CC12)c1ccccc1. The molecule has 1 nitrogen and oxygen atoms in total. The van der Waals surface area contributed by atoms with Crippen molar-refractivity contribution in [2.24, 2.45) is 11.8 Å². The van der Waals surface area contributed by atoms with Gasteiger partial charge in [-0.2, -0.15) is 0 Å². The van der Waals surface area contributed by atoms with Crippen molar-refractivity contribution >= 4 is 5.69 Å². The molecule has 17 heavy (non-hydrogen) atoms. The second-order valence-electron chi connectivity index (χ2n) is 4.72. The van der Waals surface area contributed by atoms with Crippen LogP contribution in [0, 0.1) is 11.8 Å². The highest BCUT2D eigenvalue weighted by molar-refractivity contribution is 5.53. The van der Waals surface area contributed by atoms with Gasteiger partial charge in [-0.15, -0.1) is 0 Å². The standard InChI is InChI=1S/C16H17N/c1-17(14-8-3-2-4-9-14)16-12-11-13-7-5-6-10-15(13)16/h2-10,12-13,15H,11H2,1H3. The monoisotopic (exact) mass is 223 g/mol. The van der Waals surface area contributed by atoms with Crippen LogP contribution in [-0.4, -0.2) is 7.05 Å². The van der Waals surface area contributed by atoms with E-state index in [1.54, 1.807) is 0 Å². The molecule has 2 aliphatic rings. The molecule has 2 aliphatic carbocycles. The Morgan fingerprint density at radius 2 is 1.82 bits per heavy atom. The first kappa shape index (κ1) is 10.4. The highest BCUT2D eigenvalue weighted by atomic mass is 15.1. The van der Waals surface area contributed by atoms with Crippen molar-refractivity contribution in [3.63, 3.8) is 0 Å². The summed E-state index contributed by atoms with van der Waals surface area (Å²) in [4.78, 5) is 2.31. The molecule has 0 saturated heterocycles. The minimum absolute atomic E-state index is 0.560. The molecule has 2 atom stereocenters. The van der Waals surface area contributed by atoms with Gasteiger partial charge in [0.2, 0.25) is 0 Å². The summed E-state index contributed by atoms with van der Waals surface area (Å²) in [7, 11) is 2.16. The average Bonchev–Trinajstić information content (AvgIpc) is 2.83. The van der Waals surface area contributed by atoms with E-state index >= 15 is 0 Å². The molecule has 0 amide bonds. The summed E-state index contributed by atoms with van der Waals surface area (Å²) in [5, 5.41) is 0. The summed E-state index contributed by atoms with van der Waals surface area (Å²) in [6, 6.07) is 10.6. The molecule has 1 heteroatoms. The van der Waals surface area contributed by atoms with E-state index in [-0.39, 0.29) is 0 Å². The minimum atomic E-state index is 0.560. The maximum Gasteiger partial charge on any atom is 0.0405 e. The van der Waals surface area contributed by atoms with Gasteiger partial charge in [0.15, 0.2) is 0 Å². The lowest BCUT2D eigenvalue weighted by Crippen LogP contribution is -2.22. The van der Waals surface area contributed by atoms with Crippen LogP contribution in [0.1, 0.15) is 6.42 Å². The maximum atomic E-state index is 2.38. The Bertz CT molecular complexity index is 482. The number of hydrogen-bond donors (Lipinski definition) is 0. The predicted octanol–water partition coefficient (Wildman–Crippen LogP) is 3.77. The lowest BCUT2D eigenvalue weighted by Gasteiger charge is -2.27. The van der Waals surface area contributed by atoms with E-state index in [1.807, 2.05) is 0 Å². The molecular formula is C16H17N. The van der Waals surface area contributed by atoms with Crippen molar-refractivity contribution in [3.05, 3.63) is 66.4 Å². The molecule has 0 spiro atoms. The highest BCUT2D eigenvalue weighted by Gasteiger charge is 2.29. The van der Waals surface area contributed by atoms with Gasteiger partial charge in [0.1, 0.15) is 0 Å². The van der Waals surface area contributed by atoms with Crippen molar-refractivity contribution in [2.75, 3.05) is 11.9 Å². The molecule has 0 radical (unpaired) electrons. The molecule has 1 aromatic carbocycles. The molecule has 86 valence electrons. The van der Waals surface area contributed by atoms with E-state index in [0.717, 1.165) is 6.42 Å². The Morgan fingerprint density at radius 3 is 2.65 bits per heavy atom. The van der Waals surface area contributed by atoms with Crippen LogP contribution in [-0.2, 0) is 0 Å². The molecular weight excluding hydrogens is 206 g/mol. The van der Waals surface area contributed by atoms with Crippen LogP contribution in [0.4, 0.5) is 5.69 Å². The zero-order valence-electron chi connectivity index (χ0n) is 10.1. The quantitative estimate of drug-likeness (QED) is 0.737. The Hall–Kier alpha value is -1.76. The third kappa shape index (κ3) is 1.82. The van der Waals surface area contributed by atoms with Crippen LogP contribution in [0.5, 0.6) is 0 Å². The molecule has 2 unspecified atom stereocenters. The number of anilines is 1. The van der Waals surface area contributed by atoms with Gasteiger partial charge in [-0.25, -0.2) is 0 Å². The van der Waals surface area contributed by atoms with Crippen LogP contribution in [0.25, 0.3) is 0 Å². The molecule has 0 fully saturated rings. The first-order chi connectivity index (χ1) is 8.36. The summed E-state index contributed by atoms with van der Waals surface area (Å²) in [5.74, 6) is 1.23. The summed E-state index contributed by atoms with van der Waals surface area (Å²) >= 11 is 0. The van der Waals surface area contributed by atoms with Gasteiger partial charge < -0.3 is 4.90 Å². The lowest BCUT2D eigenvalue weighted by atomic mass is 9.89. The smallest absolute Gasteiger partial charge is 0.0405 e. The fraction of sp³-hybridized carbons (Fsp3) is 0.250. The molecule has 0 aliphatic heterocycles.